The van der Waals surface area contributed by atoms with E-state index in [9.17, 15) is 38.4 Å². The number of aliphatic carboxylic acids is 1. The van der Waals surface area contributed by atoms with Crippen molar-refractivity contribution >= 4 is 92.9 Å². The maximum Gasteiger partial charge on any atom is 0.306 e. The van der Waals surface area contributed by atoms with Crippen molar-refractivity contribution in [1.82, 2.24) is 46.2 Å². The van der Waals surface area contributed by atoms with Gasteiger partial charge in [0.25, 0.3) is 23.6 Å². The number of carboxylic acids is 1. The number of nitrogens with zero attached hydrogens (tertiary/aromatic N) is 8. The topological polar surface area (TPSA) is 315 Å². The zero-order chi connectivity index (χ0) is 71.8. The number of carbonyl (C=O) groups excluding carboxylic acids is 7. The van der Waals surface area contributed by atoms with Crippen molar-refractivity contribution in [3.63, 3.8) is 0 Å². The van der Waals surface area contributed by atoms with E-state index in [-0.39, 0.29) is 61.0 Å². The van der Waals surface area contributed by atoms with Gasteiger partial charge in [0.2, 0.25) is 5.91 Å². The van der Waals surface area contributed by atoms with Crippen LogP contribution in [0.2, 0.25) is 0 Å². The van der Waals surface area contributed by atoms with E-state index >= 15 is 0 Å². The molecule has 0 unspecified atom stereocenters. The van der Waals surface area contributed by atoms with Crippen LogP contribution in [-0.2, 0) is 49.6 Å². The minimum Gasteiger partial charge on any atom is -0.481 e. The molecule has 4 aliphatic heterocycles. The quantitative estimate of drug-likeness (QED) is 0.0230. The second-order valence-electron chi connectivity index (χ2n) is 25.5. The third kappa shape index (κ3) is 22.7. The molecule has 0 radical (unpaired) electrons. The Morgan fingerprint density at radius 2 is 0.710 bits per heavy atom. The number of carbonyl (C=O) groups is 8. The molecule has 10 rings (SSSR count). The van der Waals surface area contributed by atoms with Gasteiger partial charge in [-0.05, 0) is 167 Å². The Balaban J connectivity index is 0.000000228. The van der Waals surface area contributed by atoms with Crippen LogP contribution in [0.15, 0.2) is 141 Å². The third-order valence-corrected chi connectivity index (χ3v) is 17.0. The summed E-state index contributed by atoms with van der Waals surface area (Å²) < 4.78 is 4.20. The Kier molecular flexibility index (Phi) is 28.0. The van der Waals surface area contributed by atoms with E-state index in [2.05, 4.69) is 84.8 Å². The first-order valence-corrected chi connectivity index (χ1v) is 33.6. The molecule has 0 fully saturated rings. The van der Waals surface area contributed by atoms with Crippen molar-refractivity contribution in [3.05, 3.63) is 188 Å². The van der Waals surface area contributed by atoms with Crippen molar-refractivity contribution in [2.45, 2.75) is 58.3 Å². The number of rotatable bonds is 31. The molecule has 0 saturated heterocycles. The van der Waals surface area contributed by atoms with Gasteiger partial charge >= 0.3 is 11.9 Å². The lowest BCUT2D eigenvalue weighted by molar-refractivity contribution is -0.145. The molecule has 4 aliphatic rings. The minimum absolute atomic E-state index is 0.00290. The van der Waals surface area contributed by atoms with Crippen molar-refractivity contribution in [2.75, 3.05) is 128 Å². The molecule has 0 saturated carbocycles. The van der Waals surface area contributed by atoms with E-state index in [4.69, 9.17) is 30.8 Å². The second-order valence-corrected chi connectivity index (χ2v) is 25.5. The Labute approximate surface area is 584 Å². The highest BCUT2D eigenvalue weighted by Crippen LogP contribution is 2.35. The number of likely N-dealkylation sites (N-methyl/N-ethyl adjacent to an activating group) is 4. The second kappa shape index (κ2) is 37.1. The van der Waals surface area contributed by atoms with Crippen molar-refractivity contribution in [2.24, 2.45) is 25.7 Å². The van der Waals surface area contributed by atoms with Crippen LogP contribution >= 0.6 is 0 Å². The largest absolute Gasteiger partial charge is 0.481 e. The van der Waals surface area contributed by atoms with Gasteiger partial charge in [0.15, 0.2) is 0 Å². The van der Waals surface area contributed by atoms with E-state index in [0.29, 0.717) is 100 Å². The predicted molar refractivity (Wildman–Crippen MR) is 391 cm³/mol. The van der Waals surface area contributed by atoms with E-state index in [1.165, 1.54) is 14.0 Å². The number of benzene rings is 6. The molecule has 6 aromatic rings. The molecular weight excluding hydrogens is 1270 g/mol. The van der Waals surface area contributed by atoms with Crippen LogP contribution in [0.3, 0.4) is 0 Å². The number of methoxy groups -OCH3 is 1. The van der Waals surface area contributed by atoms with Gasteiger partial charge < -0.3 is 66.6 Å². The Morgan fingerprint density at radius 3 is 0.990 bits per heavy atom. The average molecular weight is 1360 g/mol. The molecule has 0 bridgehead atoms. The number of Topliss-reactive ketones (excluding diaryl/α,β-unsaturated/α-hetero) is 1. The molecule has 24 heteroatoms. The highest BCUT2D eigenvalue weighted by molar-refractivity contribution is 6.12. The predicted octanol–water partition coefficient (Wildman–Crippen LogP) is 6.46. The van der Waals surface area contributed by atoms with Crippen molar-refractivity contribution < 1.29 is 48.2 Å². The molecule has 0 spiro atoms. The van der Waals surface area contributed by atoms with Crippen molar-refractivity contribution in [3.8, 4) is 0 Å². The summed E-state index contributed by atoms with van der Waals surface area (Å²) in [6.07, 6.45) is 2.94. The molecule has 8 N–H and O–H groups in total. The van der Waals surface area contributed by atoms with E-state index in [1.807, 2.05) is 124 Å². The SMILES string of the molecule is CC(=O)CCC(=O)NCCN(C)CCNC(=O)c1ccc2c(c1)CC(c1ccc(C3=Nc4ccc(C(=O)NCCN(C)C)cc4C3)cc1)=N2.CN(C)CCNC(=O)c1ccc2c(c1)CC(c1ccc(C3=Nc4ccc(C(=O)NCCN(C)CCN)cc4C3)cc1)=N2.COC(=O)CCC(=O)O. The van der Waals surface area contributed by atoms with Crippen LogP contribution in [0.25, 0.3) is 0 Å². The Hall–Kier alpha value is -10.2. The van der Waals surface area contributed by atoms with E-state index in [1.54, 1.807) is 6.07 Å². The number of carboxylic acid groups (broad SMARTS) is 1. The molecule has 24 nitrogen and oxygen atoms in total. The maximum atomic E-state index is 12.9. The minimum atomic E-state index is -0.986. The Morgan fingerprint density at radius 1 is 0.410 bits per heavy atom. The number of nitrogens with one attached hydrogen (secondary N) is 5. The fourth-order valence-electron chi connectivity index (χ4n) is 11.2. The van der Waals surface area contributed by atoms with Gasteiger partial charge in [0.1, 0.15) is 5.78 Å². The molecule has 4 heterocycles. The summed E-state index contributed by atoms with van der Waals surface area (Å²) in [4.78, 5) is 121. The smallest absolute Gasteiger partial charge is 0.306 e. The van der Waals surface area contributed by atoms with Crippen LogP contribution in [-0.4, -0.2) is 223 Å². The average Bonchev–Trinajstić information content (AvgIpc) is 1.67. The van der Waals surface area contributed by atoms with Crippen LogP contribution in [0.1, 0.15) is 119 Å². The number of amides is 5. The number of esters is 1. The molecule has 6 aromatic carbocycles. The summed E-state index contributed by atoms with van der Waals surface area (Å²) in [6, 6.07) is 39.3. The lowest BCUT2D eigenvalue weighted by Crippen LogP contribution is -2.37. The Bertz CT molecular complexity index is 4090. The number of nitrogens with two attached hydrogens (primary N) is 1. The van der Waals surface area contributed by atoms with Gasteiger partial charge in [0, 0.05) is 139 Å². The van der Waals surface area contributed by atoms with Crippen LogP contribution in [0.4, 0.5) is 22.7 Å². The number of fused-ring (bicyclic) bond motifs is 4. The van der Waals surface area contributed by atoms with Gasteiger partial charge in [-0.2, -0.15) is 0 Å². The molecule has 0 atom stereocenters. The summed E-state index contributed by atoms with van der Waals surface area (Å²) in [6.45, 7) is 9.23. The zero-order valence-electron chi connectivity index (χ0n) is 58.5. The van der Waals surface area contributed by atoms with Gasteiger partial charge in [-0.15, -0.1) is 0 Å². The van der Waals surface area contributed by atoms with Crippen LogP contribution in [0, 0.1) is 0 Å². The highest BCUT2D eigenvalue weighted by atomic mass is 16.5. The molecule has 0 aliphatic carbocycles. The molecule has 5 amide bonds. The zero-order valence-corrected chi connectivity index (χ0v) is 58.5. The standard InChI is InChI=1S/C38H45N7O4.C33H39N7O2.C5H8O4/c1-25(46)5-14-36(47)39-16-19-45(4)20-17-41-38(49)29-11-13-33-31(22-29)24-35(43-33)27-8-6-26(7-9-27)34-23-30-21-28(10-12-32(30)42-34)37(48)40-15-18-44(2)3;1-39(2)16-13-35-32(41)24-8-10-28-26(18-24)20-30(37-28)22-4-6-23(7-5-22)31-21-27-19-25(9-11-29(27)38-31)33(42)36-14-17-40(3)15-12-34;1-9-5(8)3-2-4(6)7/h6-13,21-22H,5,14-20,23-24H2,1-4H3,(H,39,47)(H,40,48)(H,41,49);4-11,18-19H,12-17,20-21,34H2,1-3H3,(H,35,41)(H,36,42);2-3H2,1H3,(H,6,7). The molecular formula is C76H92N14O10. The monoisotopic (exact) mass is 1360 g/mol. The molecule has 100 heavy (non-hydrogen) atoms. The number of aliphatic imine (C=N–C) groups is 4. The van der Waals surface area contributed by atoms with Crippen molar-refractivity contribution in [1.29, 1.82) is 0 Å². The van der Waals surface area contributed by atoms with E-state index < -0.39 is 11.9 Å². The summed E-state index contributed by atoms with van der Waals surface area (Å²) in [5, 5.41) is 22.8. The van der Waals surface area contributed by atoms with Crippen LogP contribution in [0.5, 0.6) is 0 Å². The first-order chi connectivity index (χ1) is 48.0. The normalized spacial score (nSPS) is 12.9. The number of hydrogen-bond acceptors (Lipinski definition) is 18. The first-order valence-electron chi connectivity index (χ1n) is 33.6. The fraction of sp³-hybridized carbons (Fsp3) is 0.368. The van der Waals surface area contributed by atoms with Gasteiger partial charge in [0.05, 0.1) is 65.5 Å². The summed E-state index contributed by atoms with van der Waals surface area (Å²) in [5.41, 5.74) is 24.0. The van der Waals surface area contributed by atoms with Gasteiger partial charge in [-0.25, -0.2) is 0 Å². The molecule has 0 aromatic heterocycles. The van der Waals surface area contributed by atoms with Crippen LogP contribution < -0.4 is 32.3 Å². The highest BCUT2D eigenvalue weighted by Gasteiger charge is 2.24. The van der Waals surface area contributed by atoms with Gasteiger partial charge in [-0.1, -0.05) is 48.5 Å². The summed E-state index contributed by atoms with van der Waals surface area (Å²) in [7, 11) is 13.1. The first kappa shape index (κ1) is 75.5. The van der Waals surface area contributed by atoms with Gasteiger partial charge in [-0.3, -0.25) is 53.5 Å². The molecule has 526 valence electrons. The number of ketones is 1. The fourth-order valence-corrected chi connectivity index (χ4v) is 11.2. The number of hydrogen-bond donors (Lipinski definition) is 7. The summed E-state index contributed by atoms with van der Waals surface area (Å²) >= 11 is 0. The van der Waals surface area contributed by atoms with E-state index in [0.717, 1.165) is 116 Å². The summed E-state index contributed by atoms with van der Waals surface area (Å²) in [5.74, 6) is -1.95. The lowest BCUT2D eigenvalue weighted by Gasteiger charge is -2.17. The maximum absolute atomic E-state index is 12.9. The third-order valence-electron chi connectivity index (χ3n) is 17.0. The number of ether oxygens (including phenoxy) is 1. The lowest BCUT2D eigenvalue weighted by atomic mass is 9.98.